The Morgan fingerprint density at radius 3 is 1.64 bits per heavy atom. The Bertz CT molecular complexity index is 2960. The number of fused-ring (bicyclic) bond motifs is 2. The molecular weight excluding hydrogens is 820 g/mol. The van der Waals surface area contributed by atoms with Gasteiger partial charge >= 0.3 is 0 Å². The lowest BCUT2D eigenvalue weighted by molar-refractivity contribution is 0.549. The molecule has 0 spiro atoms. The molecule has 11 nitrogen and oxygen atoms in total. The molecule has 0 saturated carbocycles. The Kier molecular flexibility index (Phi) is 10.5. The van der Waals surface area contributed by atoms with Crippen LogP contribution in [0.5, 0.6) is 0 Å². The summed E-state index contributed by atoms with van der Waals surface area (Å²) >= 11 is 15.0. The van der Waals surface area contributed by atoms with E-state index in [0.29, 0.717) is 27.2 Å². The van der Waals surface area contributed by atoms with Crippen LogP contribution in [0.3, 0.4) is 0 Å². The molecular formula is C38H32Cl2N6O5S4. The fourth-order valence-corrected chi connectivity index (χ4v) is 11.0. The van der Waals surface area contributed by atoms with Gasteiger partial charge in [-0.15, -0.1) is 22.7 Å². The number of benzene rings is 2. The molecule has 8 aromatic rings. The van der Waals surface area contributed by atoms with Gasteiger partial charge in [-0.3, -0.25) is 14.5 Å². The summed E-state index contributed by atoms with van der Waals surface area (Å²) in [6, 6.07) is 19.6. The van der Waals surface area contributed by atoms with Gasteiger partial charge in [0.2, 0.25) is 0 Å². The summed E-state index contributed by atoms with van der Waals surface area (Å²) in [6.45, 7) is 9.51. The zero-order valence-electron chi connectivity index (χ0n) is 29.9. The molecule has 6 heterocycles. The fraction of sp³-hybridized carbons (Fsp3) is 0.132. The minimum atomic E-state index is -3.82. The van der Waals surface area contributed by atoms with Crippen molar-refractivity contribution in [2.45, 2.75) is 44.4 Å². The summed E-state index contributed by atoms with van der Waals surface area (Å²) in [7, 11) is -7.62. The second-order valence-corrected chi connectivity index (χ2v) is 19.2. The normalized spacial score (nSPS) is 11.8. The van der Waals surface area contributed by atoms with Crippen LogP contribution in [0.25, 0.3) is 42.9 Å². The minimum Gasteiger partial charge on any atom is -0.461 e. The second-order valence-electron chi connectivity index (χ2n) is 12.6. The molecule has 0 aliphatic heterocycles. The maximum atomic E-state index is 13.0. The number of hydrogen-bond donors (Lipinski definition) is 3. The number of furan rings is 1. The molecule has 6 aromatic heterocycles. The van der Waals surface area contributed by atoms with Gasteiger partial charge in [0, 0.05) is 64.8 Å². The zero-order valence-corrected chi connectivity index (χ0v) is 34.6. The van der Waals surface area contributed by atoms with Crippen LogP contribution in [0.15, 0.2) is 99.4 Å². The number of anilines is 2. The van der Waals surface area contributed by atoms with E-state index in [0.717, 1.165) is 64.0 Å². The van der Waals surface area contributed by atoms with Crippen molar-refractivity contribution in [2.24, 2.45) is 0 Å². The van der Waals surface area contributed by atoms with E-state index in [1.54, 1.807) is 48.8 Å². The van der Waals surface area contributed by atoms with E-state index < -0.39 is 20.0 Å². The molecule has 0 atom stereocenters. The van der Waals surface area contributed by atoms with Crippen molar-refractivity contribution in [3.8, 4) is 22.5 Å². The number of halogens is 2. The van der Waals surface area contributed by atoms with Gasteiger partial charge in [-0.1, -0.05) is 35.3 Å². The number of thiophene rings is 2. The molecule has 0 unspecified atom stereocenters. The summed E-state index contributed by atoms with van der Waals surface area (Å²) in [5, 5.41) is 9.02. The maximum absolute atomic E-state index is 13.0. The quantitative estimate of drug-likeness (QED) is 0.136. The average molecular weight is 852 g/mol. The van der Waals surface area contributed by atoms with Crippen molar-refractivity contribution in [1.29, 1.82) is 0 Å². The third kappa shape index (κ3) is 7.99. The highest BCUT2D eigenvalue weighted by Crippen LogP contribution is 2.44. The predicted molar refractivity (Wildman–Crippen MR) is 223 cm³/mol. The van der Waals surface area contributed by atoms with Gasteiger partial charge in [0.15, 0.2) is 0 Å². The number of nitrogens with one attached hydrogen (secondary N) is 3. The molecule has 17 heteroatoms. The number of aromatic amines is 1. The van der Waals surface area contributed by atoms with Crippen LogP contribution in [0.2, 0.25) is 10.0 Å². The third-order valence-electron chi connectivity index (χ3n) is 8.41. The number of nitrogens with zero attached hydrogens (tertiary/aromatic N) is 3. The Morgan fingerprint density at radius 1 is 0.673 bits per heavy atom. The van der Waals surface area contributed by atoms with Gasteiger partial charge in [-0.25, -0.2) is 26.8 Å². The van der Waals surface area contributed by atoms with E-state index in [1.807, 2.05) is 46.8 Å². The van der Waals surface area contributed by atoms with Crippen molar-refractivity contribution in [3.05, 3.63) is 122 Å². The summed E-state index contributed by atoms with van der Waals surface area (Å²) < 4.78 is 63.0. The molecule has 0 radical (unpaired) electrons. The number of aromatic nitrogens is 4. The lowest BCUT2D eigenvalue weighted by atomic mass is 10.1. The van der Waals surface area contributed by atoms with Gasteiger partial charge in [-0.05, 0) is 95.3 Å². The van der Waals surface area contributed by atoms with Crippen LogP contribution in [0.1, 0.15) is 26.9 Å². The Balaban J connectivity index is 0.000000169. The third-order valence-corrected chi connectivity index (χ3v) is 13.6. The highest BCUT2D eigenvalue weighted by atomic mass is 35.5. The molecule has 0 amide bonds. The van der Waals surface area contributed by atoms with E-state index in [1.165, 1.54) is 46.9 Å². The molecule has 282 valence electrons. The lowest BCUT2D eigenvalue weighted by Gasteiger charge is -2.11. The molecule has 8 rings (SSSR count). The first-order chi connectivity index (χ1) is 26.1. The highest BCUT2D eigenvalue weighted by molar-refractivity contribution is 7.93. The Hall–Kier alpha value is -4.77. The lowest BCUT2D eigenvalue weighted by Crippen LogP contribution is -2.13. The topological polar surface area (TPSA) is 160 Å². The molecule has 0 aliphatic carbocycles. The van der Waals surface area contributed by atoms with Gasteiger partial charge < -0.3 is 4.42 Å². The zero-order chi connectivity index (χ0) is 39.2. The minimum absolute atomic E-state index is 0.102. The maximum Gasteiger partial charge on any atom is 0.261 e. The molecule has 2 aromatic carbocycles. The van der Waals surface area contributed by atoms with Crippen LogP contribution in [-0.4, -0.2) is 37.0 Å². The van der Waals surface area contributed by atoms with E-state index >= 15 is 0 Å². The number of rotatable bonds is 8. The van der Waals surface area contributed by atoms with Gasteiger partial charge in [0.05, 0.1) is 27.4 Å². The van der Waals surface area contributed by atoms with E-state index in [4.69, 9.17) is 27.6 Å². The van der Waals surface area contributed by atoms with Crippen LogP contribution >= 0.6 is 45.9 Å². The smallest absolute Gasteiger partial charge is 0.261 e. The summed E-state index contributed by atoms with van der Waals surface area (Å²) in [5.74, 6) is 1.48. The van der Waals surface area contributed by atoms with Crippen molar-refractivity contribution >= 4 is 97.7 Å². The fourth-order valence-electron chi connectivity index (χ4n) is 6.10. The average Bonchev–Trinajstić information content (AvgIpc) is 3.91. The SMILES string of the molecule is Cc1cc(NS(=O)(=O)c2cccc(Cl)c2)c2c(-c3ccc(C)o3)c(C)sc2n1.Cc1cc(NS(=O)(=O)c2cccc(Cl)c2)c2c(-c3cn[nH]c3)c(C)sc2n1. The molecule has 0 bridgehead atoms. The van der Waals surface area contributed by atoms with E-state index in [9.17, 15) is 16.8 Å². The number of hydrogen-bond acceptors (Lipinski definition) is 10. The van der Waals surface area contributed by atoms with Crippen molar-refractivity contribution in [1.82, 2.24) is 20.2 Å². The number of H-pyrrole nitrogens is 1. The number of sulfonamides is 2. The van der Waals surface area contributed by atoms with Crippen molar-refractivity contribution in [3.63, 3.8) is 0 Å². The molecule has 0 saturated heterocycles. The first kappa shape index (κ1) is 38.5. The standard InChI is InChI=1S/C20H17ClN2O3S2.C18H15ClN4O2S2/c1-11-9-16(23-28(24,25)15-6-4-5-14(21)10-15)19-18(13(3)27-20(19)22-11)17-8-7-12(2)26-17;1-10-6-15(23-27(24,25)14-5-3-4-13(19)7-14)17-16(12-8-20-21-9-12)11(2)26-18(17)22-10/h4-10H,1-3H3,(H,22,23);3-9H,1-2H3,(H,20,21)(H,22,23). The Labute approximate surface area is 335 Å². The second kappa shape index (κ2) is 15.0. The van der Waals surface area contributed by atoms with Crippen molar-refractivity contribution < 1.29 is 21.3 Å². The van der Waals surface area contributed by atoms with Crippen LogP contribution in [0, 0.1) is 34.6 Å². The first-order valence-electron chi connectivity index (χ1n) is 16.5. The van der Waals surface area contributed by atoms with Gasteiger partial charge in [-0.2, -0.15) is 5.10 Å². The van der Waals surface area contributed by atoms with Crippen LogP contribution in [0.4, 0.5) is 11.4 Å². The van der Waals surface area contributed by atoms with Crippen LogP contribution < -0.4 is 9.44 Å². The van der Waals surface area contributed by atoms with Gasteiger partial charge in [0.1, 0.15) is 21.2 Å². The van der Waals surface area contributed by atoms with Crippen molar-refractivity contribution in [2.75, 3.05) is 9.44 Å². The largest absolute Gasteiger partial charge is 0.461 e. The predicted octanol–water partition coefficient (Wildman–Crippen LogP) is 10.7. The van der Waals surface area contributed by atoms with Crippen LogP contribution in [-0.2, 0) is 20.0 Å². The molecule has 55 heavy (non-hydrogen) atoms. The molecule has 3 N–H and O–H groups in total. The summed E-state index contributed by atoms with van der Waals surface area (Å²) in [6.07, 6.45) is 3.49. The monoisotopic (exact) mass is 850 g/mol. The summed E-state index contributed by atoms with van der Waals surface area (Å²) in [5.41, 5.74) is 5.05. The van der Waals surface area contributed by atoms with E-state index in [2.05, 4.69) is 29.6 Å². The summed E-state index contributed by atoms with van der Waals surface area (Å²) in [4.78, 5) is 12.9. The first-order valence-corrected chi connectivity index (χ1v) is 21.9. The number of aryl methyl sites for hydroxylation is 5. The molecule has 0 aliphatic rings. The highest BCUT2D eigenvalue weighted by Gasteiger charge is 2.24. The molecule has 0 fully saturated rings. The Morgan fingerprint density at radius 2 is 1.18 bits per heavy atom. The number of pyridine rings is 2. The van der Waals surface area contributed by atoms with E-state index in [-0.39, 0.29) is 9.79 Å². The van der Waals surface area contributed by atoms with Gasteiger partial charge in [0.25, 0.3) is 20.0 Å².